The minimum absolute atomic E-state index is 0.0784. The van der Waals surface area contributed by atoms with Crippen LogP contribution >= 0.6 is 0 Å². The third-order valence-corrected chi connectivity index (χ3v) is 4.33. The van der Waals surface area contributed by atoms with Crippen LogP contribution in [0.15, 0.2) is 22.6 Å². The average molecular weight is 387 g/mol. The molecular formula is C20H25N3O5. The predicted molar refractivity (Wildman–Crippen MR) is 100 cm³/mol. The van der Waals surface area contributed by atoms with Gasteiger partial charge in [0.2, 0.25) is 17.7 Å². The highest BCUT2D eigenvalue weighted by atomic mass is 16.6. The number of carbonyl (C=O) groups is 2. The molecular weight excluding hydrogens is 362 g/mol. The van der Waals surface area contributed by atoms with E-state index >= 15 is 0 Å². The standard InChI is InChI=1S/C20H25N3O5/c1-12(2)10-15(20-23-22-13(3)28-20)21-19(25)7-5-16(24)14-4-6-17-18(11-14)27-9-8-26-17/h4,6,11-12,15H,5,7-10H2,1-3H3,(H,21,25). The molecule has 0 aliphatic carbocycles. The van der Waals surface area contributed by atoms with E-state index in [0.29, 0.717) is 54.4 Å². The highest BCUT2D eigenvalue weighted by molar-refractivity contribution is 5.98. The van der Waals surface area contributed by atoms with Gasteiger partial charge in [-0.15, -0.1) is 10.2 Å². The van der Waals surface area contributed by atoms with Crippen molar-refractivity contribution in [2.45, 2.75) is 46.1 Å². The van der Waals surface area contributed by atoms with Crippen molar-refractivity contribution in [2.24, 2.45) is 5.92 Å². The van der Waals surface area contributed by atoms with Crippen LogP contribution in [0.5, 0.6) is 11.5 Å². The third kappa shape index (κ3) is 5.09. The van der Waals surface area contributed by atoms with Crippen LogP contribution < -0.4 is 14.8 Å². The van der Waals surface area contributed by atoms with Crippen LogP contribution in [0.25, 0.3) is 0 Å². The maximum Gasteiger partial charge on any atom is 0.238 e. The van der Waals surface area contributed by atoms with Crippen LogP contribution in [-0.2, 0) is 4.79 Å². The number of ketones is 1. The van der Waals surface area contributed by atoms with Gasteiger partial charge in [0, 0.05) is 25.3 Å². The van der Waals surface area contributed by atoms with Crippen LogP contribution in [0.2, 0.25) is 0 Å². The molecule has 28 heavy (non-hydrogen) atoms. The molecule has 1 atom stereocenters. The van der Waals surface area contributed by atoms with Crippen LogP contribution in [-0.4, -0.2) is 35.1 Å². The van der Waals surface area contributed by atoms with E-state index in [4.69, 9.17) is 13.9 Å². The second-order valence-electron chi connectivity index (χ2n) is 7.19. The van der Waals surface area contributed by atoms with Gasteiger partial charge in [-0.2, -0.15) is 0 Å². The smallest absolute Gasteiger partial charge is 0.238 e. The van der Waals surface area contributed by atoms with E-state index in [-0.39, 0.29) is 30.6 Å². The van der Waals surface area contributed by atoms with Crippen LogP contribution in [0.3, 0.4) is 0 Å². The molecule has 8 nitrogen and oxygen atoms in total. The van der Waals surface area contributed by atoms with Crippen molar-refractivity contribution >= 4 is 11.7 Å². The Morgan fingerprint density at radius 2 is 1.86 bits per heavy atom. The first-order valence-corrected chi connectivity index (χ1v) is 9.44. The first-order chi connectivity index (χ1) is 13.4. The number of hydrogen-bond acceptors (Lipinski definition) is 7. The summed E-state index contributed by atoms with van der Waals surface area (Å²) in [5.41, 5.74) is 0.503. The molecule has 0 saturated heterocycles. The first kappa shape index (κ1) is 19.9. The number of nitrogens with one attached hydrogen (secondary N) is 1. The number of hydrogen-bond donors (Lipinski definition) is 1. The zero-order valence-corrected chi connectivity index (χ0v) is 16.4. The number of aryl methyl sites for hydroxylation is 1. The summed E-state index contributed by atoms with van der Waals surface area (Å²) < 4.78 is 16.4. The minimum Gasteiger partial charge on any atom is -0.486 e. The molecule has 0 fully saturated rings. The molecule has 0 saturated carbocycles. The summed E-state index contributed by atoms with van der Waals surface area (Å²) in [4.78, 5) is 24.8. The summed E-state index contributed by atoms with van der Waals surface area (Å²) in [6, 6.07) is 4.71. The van der Waals surface area contributed by atoms with E-state index in [2.05, 4.69) is 15.5 Å². The normalized spacial score (nSPS) is 14.0. The van der Waals surface area contributed by atoms with E-state index in [1.54, 1.807) is 25.1 Å². The lowest BCUT2D eigenvalue weighted by Crippen LogP contribution is -2.30. The van der Waals surface area contributed by atoms with E-state index in [9.17, 15) is 9.59 Å². The Bertz CT molecular complexity index is 846. The number of amides is 1. The molecule has 2 heterocycles. The number of Topliss-reactive ketones (excluding diaryl/α,β-unsaturated/α-hetero) is 1. The van der Waals surface area contributed by atoms with Gasteiger partial charge in [0.1, 0.15) is 19.3 Å². The number of ether oxygens (including phenoxy) is 2. The van der Waals surface area contributed by atoms with Gasteiger partial charge in [-0.3, -0.25) is 9.59 Å². The highest BCUT2D eigenvalue weighted by Gasteiger charge is 2.22. The predicted octanol–water partition coefficient (Wildman–Crippen LogP) is 3.02. The molecule has 1 unspecified atom stereocenters. The molecule has 1 aliphatic rings. The van der Waals surface area contributed by atoms with Crippen LogP contribution in [0.4, 0.5) is 0 Å². The van der Waals surface area contributed by atoms with Gasteiger partial charge in [-0.25, -0.2) is 0 Å². The van der Waals surface area contributed by atoms with Crippen molar-refractivity contribution in [3.05, 3.63) is 35.5 Å². The van der Waals surface area contributed by atoms with Crippen molar-refractivity contribution in [3.63, 3.8) is 0 Å². The maximum absolute atomic E-state index is 12.5. The van der Waals surface area contributed by atoms with Gasteiger partial charge in [0.15, 0.2) is 17.3 Å². The molecule has 1 amide bonds. The van der Waals surface area contributed by atoms with E-state index in [1.807, 2.05) is 13.8 Å². The minimum atomic E-state index is -0.363. The second-order valence-corrected chi connectivity index (χ2v) is 7.19. The number of carbonyl (C=O) groups excluding carboxylic acids is 2. The Kier molecular flexibility index (Phi) is 6.28. The zero-order valence-electron chi connectivity index (χ0n) is 16.4. The molecule has 2 aromatic rings. The monoisotopic (exact) mass is 387 g/mol. The van der Waals surface area contributed by atoms with Gasteiger partial charge >= 0.3 is 0 Å². The fourth-order valence-electron chi connectivity index (χ4n) is 3.00. The number of fused-ring (bicyclic) bond motifs is 1. The summed E-state index contributed by atoms with van der Waals surface area (Å²) in [7, 11) is 0. The van der Waals surface area contributed by atoms with Gasteiger partial charge in [0.25, 0.3) is 0 Å². The van der Waals surface area contributed by atoms with Gasteiger partial charge < -0.3 is 19.2 Å². The second kappa shape index (κ2) is 8.86. The van der Waals surface area contributed by atoms with Gasteiger partial charge in [-0.05, 0) is 30.5 Å². The average Bonchev–Trinajstić information content (AvgIpc) is 3.11. The lowest BCUT2D eigenvalue weighted by molar-refractivity contribution is -0.122. The lowest BCUT2D eigenvalue weighted by Gasteiger charge is -2.19. The molecule has 0 radical (unpaired) electrons. The van der Waals surface area contributed by atoms with E-state index in [1.165, 1.54) is 0 Å². The quantitative estimate of drug-likeness (QED) is 0.694. The molecule has 0 spiro atoms. The number of rotatable bonds is 8. The Hall–Kier alpha value is -2.90. The fraction of sp³-hybridized carbons (Fsp3) is 0.500. The topological polar surface area (TPSA) is 104 Å². The third-order valence-electron chi connectivity index (χ3n) is 4.33. The summed E-state index contributed by atoms with van der Waals surface area (Å²) >= 11 is 0. The van der Waals surface area contributed by atoms with Crippen molar-refractivity contribution in [1.29, 1.82) is 0 Å². The molecule has 1 aromatic carbocycles. The molecule has 1 aromatic heterocycles. The molecule has 150 valence electrons. The Morgan fingerprint density at radius 1 is 1.11 bits per heavy atom. The van der Waals surface area contributed by atoms with Crippen LogP contribution in [0.1, 0.15) is 61.3 Å². The molecule has 1 N–H and O–H groups in total. The number of nitrogens with zero attached hydrogens (tertiary/aromatic N) is 2. The summed E-state index contributed by atoms with van der Waals surface area (Å²) in [5, 5.41) is 10.7. The summed E-state index contributed by atoms with van der Waals surface area (Å²) in [6.07, 6.45) is 0.848. The fourth-order valence-corrected chi connectivity index (χ4v) is 3.00. The van der Waals surface area contributed by atoms with Crippen molar-refractivity contribution in [3.8, 4) is 11.5 Å². The lowest BCUT2D eigenvalue weighted by atomic mass is 10.0. The maximum atomic E-state index is 12.5. The summed E-state index contributed by atoms with van der Waals surface area (Å²) in [5.74, 6) is 2.01. The Labute approximate surface area is 163 Å². The van der Waals surface area contributed by atoms with Crippen LogP contribution in [0, 0.1) is 12.8 Å². The molecule has 1 aliphatic heterocycles. The SMILES string of the molecule is Cc1nnc(C(CC(C)C)NC(=O)CCC(=O)c2ccc3c(c2)OCCO3)o1. The summed E-state index contributed by atoms with van der Waals surface area (Å²) in [6.45, 7) is 6.76. The van der Waals surface area contributed by atoms with E-state index in [0.717, 1.165) is 0 Å². The molecule has 3 rings (SSSR count). The van der Waals surface area contributed by atoms with Gasteiger partial charge in [0.05, 0.1) is 0 Å². The zero-order chi connectivity index (χ0) is 20.1. The number of benzene rings is 1. The Morgan fingerprint density at radius 3 is 2.54 bits per heavy atom. The first-order valence-electron chi connectivity index (χ1n) is 9.44. The number of aromatic nitrogens is 2. The largest absolute Gasteiger partial charge is 0.486 e. The van der Waals surface area contributed by atoms with Crippen molar-refractivity contribution in [2.75, 3.05) is 13.2 Å². The van der Waals surface area contributed by atoms with E-state index < -0.39 is 0 Å². The van der Waals surface area contributed by atoms with Gasteiger partial charge in [-0.1, -0.05) is 13.8 Å². The molecule has 0 bridgehead atoms. The van der Waals surface area contributed by atoms with Crippen molar-refractivity contribution in [1.82, 2.24) is 15.5 Å². The Balaban J connectivity index is 1.57. The molecule has 8 heteroatoms. The highest BCUT2D eigenvalue weighted by Crippen LogP contribution is 2.31. The van der Waals surface area contributed by atoms with Crippen molar-refractivity contribution < 1.29 is 23.5 Å².